The van der Waals surface area contributed by atoms with Crippen LogP contribution in [-0.4, -0.2) is 31.7 Å². The van der Waals surface area contributed by atoms with Crippen molar-refractivity contribution in [3.8, 4) is 11.5 Å². The monoisotopic (exact) mass is 323 g/mol. The van der Waals surface area contributed by atoms with E-state index in [4.69, 9.17) is 9.84 Å². The number of phenolic OH excluding ortho intramolecular Hbond substituents is 1. The number of hydrogen-bond acceptors (Lipinski definition) is 5. The minimum absolute atomic E-state index is 0.000517. The topological polar surface area (TPSA) is 113 Å². The van der Waals surface area contributed by atoms with Crippen molar-refractivity contribution in [2.75, 3.05) is 11.8 Å². The predicted octanol–water partition coefficient (Wildman–Crippen LogP) is 1.90. The molecule has 22 heavy (non-hydrogen) atoms. The molecule has 0 bridgehead atoms. The normalized spacial score (nSPS) is 11.0. The Morgan fingerprint density at radius 3 is 2.32 bits per heavy atom. The maximum Gasteiger partial charge on any atom is 0.339 e. The second-order valence-electron chi connectivity index (χ2n) is 4.32. The number of phenols is 1. The van der Waals surface area contributed by atoms with E-state index in [1.54, 1.807) is 0 Å². The first kappa shape index (κ1) is 15.6. The van der Waals surface area contributed by atoms with Gasteiger partial charge in [-0.2, -0.15) is 0 Å². The van der Waals surface area contributed by atoms with Crippen LogP contribution in [0.15, 0.2) is 47.4 Å². The standard InChI is InChI=1S/C14H13NO6S/c1-21-13-7-6-11(8-12(13)14(17)18)22(19,20)15-9-2-4-10(16)5-3-9/h2-8,15-16H,1H3,(H,17,18). The first-order valence-corrected chi connectivity index (χ1v) is 7.55. The molecule has 0 spiro atoms. The third-order valence-electron chi connectivity index (χ3n) is 2.83. The number of ether oxygens (including phenoxy) is 1. The Bertz CT molecular complexity index is 799. The molecule has 2 aromatic rings. The molecule has 0 saturated heterocycles. The van der Waals surface area contributed by atoms with Crippen LogP contribution >= 0.6 is 0 Å². The molecule has 7 nitrogen and oxygen atoms in total. The van der Waals surface area contributed by atoms with Crippen molar-refractivity contribution in [2.24, 2.45) is 0 Å². The number of methoxy groups -OCH3 is 1. The zero-order valence-electron chi connectivity index (χ0n) is 11.5. The highest BCUT2D eigenvalue weighted by Crippen LogP contribution is 2.24. The van der Waals surface area contributed by atoms with E-state index in [1.807, 2.05) is 0 Å². The SMILES string of the molecule is COc1ccc(S(=O)(=O)Nc2ccc(O)cc2)cc1C(=O)O. The smallest absolute Gasteiger partial charge is 0.339 e. The van der Waals surface area contributed by atoms with Crippen LogP contribution in [0.3, 0.4) is 0 Å². The van der Waals surface area contributed by atoms with Crippen LogP contribution in [0.5, 0.6) is 11.5 Å². The van der Waals surface area contributed by atoms with E-state index >= 15 is 0 Å². The molecule has 0 unspecified atom stereocenters. The van der Waals surface area contributed by atoms with E-state index in [2.05, 4.69) is 4.72 Å². The van der Waals surface area contributed by atoms with Crippen LogP contribution in [0.4, 0.5) is 5.69 Å². The molecule has 0 radical (unpaired) electrons. The fourth-order valence-electron chi connectivity index (χ4n) is 1.76. The Morgan fingerprint density at radius 2 is 1.77 bits per heavy atom. The molecule has 0 aliphatic carbocycles. The summed E-state index contributed by atoms with van der Waals surface area (Å²) in [4.78, 5) is 10.9. The first-order chi connectivity index (χ1) is 10.3. The van der Waals surface area contributed by atoms with Crippen LogP contribution < -0.4 is 9.46 Å². The summed E-state index contributed by atoms with van der Waals surface area (Å²) in [6.07, 6.45) is 0. The Kier molecular flexibility index (Phi) is 4.22. The average molecular weight is 323 g/mol. The zero-order chi connectivity index (χ0) is 16.3. The van der Waals surface area contributed by atoms with Gasteiger partial charge in [0, 0.05) is 5.69 Å². The van der Waals surface area contributed by atoms with Crippen molar-refractivity contribution < 1.29 is 28.2 Å². The highest BCUT2D eigenvalue weighted by molar-refractivity contribution is 7.92. The number of aromatic hydroxyl groups is 1. The number of aromatic carboxylic acids is 1. The summed E-state index contributed by atoms with van der Waals surface area (Å²) >= 11 is 0. The average Bonchev–Trinajstić information content (AvgIpc) is 2.48. The van der Waals surface area contributed by atoms with Gasteiger partial charge in [0.25, 0.3) is 10.0 Å². The second kappa shape index (κ2) is 5.94. The zero-order valence-corrected chi connectivity index (χ0v) is 12.3. The predicted molar refractivity (Wildman–Crippen MR) is 78.9 cm³/mol. The number of sulfonamides is 1. The molecule has 0 amide bonds. The van der Waals surface area contributed by atoms with Gasteiger partial charge in [-0.25, -0.2) is 13.2 Å². The Hall–Kier alpha value is -2.74. The molecule has 8 heteroatoms. The van der Waals surface area contributed by atoms with Crippen LogP contribution in [0, 0.1) is 0 Å². The van der Waals surface area contributed by atoms with Crippen LogP contribution in [0.2, 0.25) is 0 Å². The third kappa shape index (κ3) is 3.29. The van der Waals surface area contributed by atoms with Gasteiger partial charge in [0.05, 0.1) is 12.0 Å². The number of carbonyl (C=O) groups is 1. The van der Waals surface area contributed by atoms with Gasteiger partial charge in [-0.15, -0.1) is 0 Å². The molecule has 3 N–H and O–H groups in total. The van der Waals surface area contributed by atoms with Crippen molar-refractivity contribution in [3.05, 3.63) is 48.0 Å². The molecule has 2 rings (SSSR count). The van der Waals surface area contributed by atoms with Gasteiger partial charge in [0.1, 0.15) is 17.1 Å². The lowest BCUT2D eigenvalue weighted by atomic mass is 10.2. The Morgan fingerprint density at radius 1 is 1.14 bits per heavy atom. The molecule has 0 aliphatic rings. The summed E-state index contributed by atoms with van der Waals surface area (Å²) in [6.45, 7) is 0. The van der Waals surface area contributed by atoms with Crippen molar-refractivity contribution in [1.82, 2.24) is 0 Å². The van der Waals surface area contributed by atoms with Crippen LogP contribution in [-0.2, 0) is 10.0 Å². The van der Waals surface area contributed by atoms with Crippen molar-refractivity contribution >= 4 is 21.7 Å². The highest BCUT2D eigenvalue weighted by atomic mass is 32.2. The summed E-state index contributed by atoms with van der Waals surface area (Å²) in [5.74, 6) is -1.23. The minimum Gasteiger partial charge on any atom is -0.508 e. The van der Waals surface area contributed by atoms with Crippen molar-refractivity contribution in [1.29, 1.82) is 0 Å². The number of rotatable bonds is 5. The van der Waals surface area contributed by atoms with Gasteiger partial charge < -0.3 is 14.9 Å². The Balaban J connectivity index is 2.39. The molecule has 0 fully saturated rings. The highest BCUT2D eigenvalue weighted by Gasteiger charge is 2.19. The fraction of sp³-hybridized carbons (Fsp3) is 0.0714. The molecule has 0 aliphatic heterocycles. The van der Waals surface area contributed by atoms with E-state index in [1.165, 1.54) is 43.5 Å². The second-order valence-corrected chi connectivity index (χ2v) is 6.00. The summed E-state index contributed by atoms with van der Waals surface area (Å²) in [7, 11) is -2.66. The minimum atomic E-state index is -3.96. The van der Waals surface area contributed by atoms with Crippen LogP contribution in [0.1, 0.15) is 10.4 Å². The quantitative estimate of drug-likeness (QED) is 0.724. The van der Waals surface area contributed by atoms with E-state index in [0.29, 0.717) is 0 Å². The number of nitrogens with one attached hydrogen (secondary N) is 1. The van der Waals surface area contributed by atoms with Crippen molar-refractivity contribution in [3.63, 3.8) is 0 Å². The van der Waals surface area contributed by atoms with Crippen LogP contribution in [0.25, 0.3) is 0 Å². The molecule has 0 atom stereocenters. The maximum atomic E-state index is 12.3. The molecule has 0 aromatic heterocycles. The van der Waals surface area contributed by atoms with Gasteiger partial charge >= 0.3 is 5.97 Å². The summed E-state index contributed by atoms with van der Waals surface area (Å²) < 4.78 is 31.7. The lowest BCUT2D eigenvalue weighted by molar-refractivity contribution is 0.0693. The number of carboxylic acid groups (broad SMARTS) is 1. The number of benzene rings is 2. The summed E-state index contributed by atoms with van der Waals surface area (Å²) in [5.41, 5.74) is -0.0124. The number of carboxylic acids is 1. The van der Waals surface area contributed by atoms with E-state index < -0.39 is 16.0 Å². The summed E-state index contributed by atoms with van der Waals surface area (Å²) in [5, 5.41) is 18.3. The molecule has 0 saturated carbocycles. The van der Waals surface area contributed by atoms with Gasteiger partial charge in [0.15, 0.2) is 0 Å². The van der Waals surface area contributed by atoms with Gasteiger partial charge in [0.2, 0.25) is 0 Å². The van der Waals surface area contributed by atoms with Crippen molar-refractivity contribution in [2.45, 2.75) is 4.90 Å². The molecule has 2 aromatic carbocycles. The third-order valence-corrected chi connectivity index (χ3v) is 4.21. The summed E-state index contributed by atoms with van der Waals surface area (Å²) in [6, 6.07) is 8.96. The van der Waals surface area contributed by atoms with Gasteiger partial charge in [-0.1, -0.05) is 0 Å². The fourth-order valence-corrected chi connectivity index (χ4v) is 2.85. The molecule has 0 heterocycles. The van der Waals surface area contributed by atoms with Gasteiger partial charge in [-0.05, 0) is 42.5 Å². The largest absolute Gasteiger partial charge is 0.508 e. The van der Waals surface area contributed by atoms with E-state index in [0.717, 1.165) is 6.07 Å². The maximum absolute atomic E-state index is 12.3. The lowest BCUT2D eigenvalue weighted by Crippen LogP contribution is -2.14. The molecular weight excluding hydrogens is 310 g/mol. The van der Waals surface area contributed by atoms with Gasteiger partial charge in [-0.3, -0.25) is 4.72 Å². The molecule has 116 valence electrons. The number of hydrogen-bond donors (Lipinski definition) is 3. The first-order valence-electron chi connectivity index (χ1n) is 6.06. The molecular formula is C14H13NO6S. The van der Waals surface area contributed by atoms with E-state index in [9.17, 15) is 18.3 Å². The number of anilines is 1. The lowest BCUT2D eigenvalue weighted by Gasteiger charge is -2.10. The Labute approximate surface area is 126 Å². The van der Waals surface area contributed by atoms with E-state index in [-0.39, 0.29) is 27.6 Å².